The van der Waals surface area contributed by atoms with Gasteiger partial charge in [-0.2, -0.15) is 0 Å². The number of carbonyl (C=O) groups excluding carboxylic acids is 3. The largest absolute Gasteiger partial charge is 0.396 e. The molecule has 26 heavy (non-hydrogen) atoms. The van der Waals surface area contributed by atoms with E-state index in [4.69, 9.17) is 0 Å². The standard InChI is InChI=1S/C18H24FN3O4/c1-20-17(25)6-9-22(12-24)16-10-14(2-3-15(16)19)18(26)21-7-4-13(11-23)5-8-21/h2-3,10,12-13,23H,4-9,11H2,1H3,(H,20,25). The highest BCUT2D eigenvalue weighted by Gasteiger charge is 2.24. The molecule has 0 radical (unpaired) electrons. The van der Waals surface area contributed by atoms with Crippen LogP contribution in [-0.4, -0.2) is 61.5 Å². The van der Waals surface area contributed by atoms with Crippen LogP contribution in [0.3, 0.4) is 0 Å². The molecule has 8 heteroatoms. The van der Waals surface area contributed by atoms with Crippen molar-refractivity contribution in [2.45, 2.75) is 19.3 Å². The van der Waals surface area contributed by atoms with Gasteiger partial charge in [-0.05, 0) is 37.0 Å². The van der Waals surface area contributed by atoms with E-state index in [0.29, 0.717) is 19.5 Å². The average molecular weight is 365 g/mol. The van der Waals surface area contributed by atoms with Gasteiger partial charge in [0.2, 0.25) is 12.3 Å². The summed E-state index contributed by atoms with van der Waals surface area (Å²) >= 11 is 0. The van der Waals surface area contributed by atoms with Gasteiger partial charge in [-0.15, -0.1) is 0 Å². The van der Waals surface area contributed by atoms with Crippen LogP contribution in [0.15, 0.2) is 18.2 Å². The van der Waals surface area contributed by atoms with Gasteiger partial charge in [0.25, 0.3) is 5.91 Å². The summed E-state index contributed by atoms with van der Waals surface area (Å²) in [5.41, 5.74) is 0.260. The van der Waals surface area contributed by atoms with E-state index < -0.39 is 5.82 Å². The molecule has 0 spiro atoms. The second-order valence-corrected chi connectivity index (χ2v) is 6.31. The normalized spacial score (nSPS) is 14.8. The fourth-order valence-electron chi connectivity index (χ4n) is 2.94. The number of aliphatic hydroxyl groups excluding tert-OH is 1. The maximum atomic E-state index is 14.2. The third-order valence-electron chi connectivity index (χ3n) is 4.65. The molecule has 2 rings (SSSR count). The summed E-state index contributed by atoms with van der Waals surface area (Å²) in [5.74, 6) is -0.932. The number of anilines is 1. The Balaban J connectivity index is 2.13. The highest BCUT2D eigenvalue weighted by atomic mass is 19.1. The molecule has 0 aromatic heterocycles. The Kier molecular flexibility index (Phi) is 7.08. The fraction of sp³-hybridized carbons (Fsp3) is 0.500. The van der Waals surface area contributed by atoms with Crippen LogP contribution in [0.1, 0.15) is 29.6 Å². The maximum Gasteiger partial charge on any atom is 0.253 e. The molecule has 3 amide bonds. The zero-order chi connectivity index (χ0) is 19.1. The Morgan fingerprint density at radius 2 is 2.08 bits per heavy atom. The molecule has 1 aromatic rings. The van der Waals surface area contributed by atoms with Crippen molar-refractivity contribution >= 4 is 23.9 Å². The SMILES string of the molecule is CNC(=O)CCN(C=O)c1cc(C(=O)N2CCC(CO)CC2)ccc1F. The van der Waals surface area contributed by atoms with Crippen LogP contribution in [0.2, 0.25) is 0 Å². The van der Waals surface area contributed by atoms with Crippen molar-refractivity contribution in [3.63, 3.8) is 0 Å². The molecule has 142 valence electrons. The number of halogens is 1. The van der Waals surface area contributed by atoms with Gasteiger partial charge in [0.15, 0.2) is 0 Å². The van der Waals surface area contributed by atoms with Crippen molar-refractivity contribution in [3.05, 3.63) is 29.6 Å². The van der Waals surface area contributed by atoms with Gasteiger partial charge in [0.1, 0.15) is 5.82 Å². The minimum absolute atomic E-state index is 0.0135. The number of hydrogen-bond acceptors (Lipinski definition) is 4. The van der Waals surface area contributed by atoms with Gasteiger partial charge in [0.05, 0.1) is 5.69 Å². The van der Waals surface area contributed by atoms with Crippen LogP contribution in [0.4, 0.5) is 10.1 Å². The molecule has 1 fully saturated rings. The molecule has 1 aliphatic rings. The summed E-state index contributed by atoms with van der Waals surface area (Å²) in [6.07, 6.45) is 1.93. The van der Waals surface area contributed by atoms with E-state index in [-0.39, 0.29) is 48.6 Å². The summed E-state index contributed by atoms with van der Waals surface area (Å²) in [5, 5.41) is 11.6. The Labute approximate surface area is 151 Å². The van der Waals surface area contributed by atoms with Crippen molar-refractivity contribution in [1.29, 1.82) is 0 Å². The van der Waals surface area contributed by atoms with Crippen molar-refractivity contribution in [2.24, 2.45) is 5.92 Å². The van der Waals surface area contributed by atoms with Gasteiger partial charge in [-0.1, -0.05) is 0 Å². The molecule has 1 heterocycles. The lowest BCUT2D eigenvalue weighted by Crippen LogP contribution is -2.39. The number of aliphatic hydroxyl groups is 1. The molecule has 0 unspecified atom stereocenters. The summed E-state index contributed by atoms with van der Waals surface area (Å²) in [4.78, 5) is 38.1. The zero-order valence-electron chi connectivity index (χ0n) is 14.8. The summed E-state index contributed by atoms with van der Waals surface area (Å²) in [7, 11) is 1.48. The zero-order valence-corrected chi connectivity index (χ0v) is 14.8. The first kappa shape index (κ1) is 19.8. The number of likely N-dealkylation sites (tertiary alicyclic amines) is 1. The van der Waals surface area contributed by atoms with Gasteiger partial charge in [0, 0.05) is 45.3 Å². The quantitative estimate of drug-likeness (QED) is 0.699. The summed E-state index contributed by atoms with van der Waals surface area (Å²) < 4.78 is 14.2. The Hall–Kier alpha value is -2.48. The van der Waals surface area contributed by atoms with Gasteiger partial charge in [-0.25, -0.2) is 4.39 Å². The first-order valence-corrected chi connectivity index (χ1v) is 8.62. The lowest BCUT2D eigenvalue weighted by molar-refractivity contribution is -0.120. The van der Waals surface area contributed by atoms with E-state index in [1.165, 1.54) is 19.2 Å². The molecule has 1 aliphatic heterocycles. The second-order valence-electron chi connectivity index (χ2n) is 6.31. The fourth-order valence-corrected chi connectivity index (χ4v) is 2.94. The number of hydrogen-bond donors (Lipinski definition) is 2. The van der Waals surface area contributed by atoms with Gasteiger partial charge >= 0.3 is 0 Å². The smallest absolute Gasteiger partial charge is 0.253 e. The van der Waals surface area contributed by atoms with E-state index in [0.717, 1.165) is 23.8 Å². The lowest BCUT2D eigenvalue weighted by atomic mass is 9.97. The summed E-state index contributed by atoms with van der Waals surface area (Å²) in [6, 6.07) is 3.88. The van der Waals surface area contributed by atoms with Crippen LogP contribution in [-0.2, 0) is 9.59 Å². The molecule has 0 saturated carbocycles. The highest BCUT2D eigenvalue weighted by molar-refractivity contribution is 5.96. The predicted octanol–water partition coefficient (Wildman–Crippen LogP) is 0.769. The number of nitrogens with zero attached hydrogens (tertiary/aromatic N) is 2. The Bertz CT molecular complexity index is 660. The first-order chi connectivity index (χ1) is 12.5. The number of carbonyl (C=O) groups is 3. The third-order valence-corrected chi connectivity index (χ3v) is 4.65. The van der Waals surface area contributed by atoms with Crippen LogP contribution in [0.25, 0.3) is 0 Å². The minimum atomic E-state index is -0.635. The molecule has 1 saturated heterocycles. The first-order valence-electron chi connectivity index (χ1n) is 8.62. The maximum absolute atomic E-state index is 14.2. The van der Waals surface area contributed by atoms with E-state index in [1.54, 1.807) is 4.90 Å². The molecule has 0 aliphatic carbocycles. The monoisotopic (exact) mass is 365 g/mol. The Morgan fingerprint density at radius 3 is 2.65 bits per heavy atom. The summed E-state index contributed by atoms with van der Waals surface area (Å²) in [6.45, 7) is 1.19. The number of amides is 3. The van der Waals surface area contributed by atoms with Gasteiger partial charge < -0.3 is 20.2 Å². The van der Waals surface area contributed by atoms with Crippen molar-refractivity contribution < 1.29 is 23.9 Å². The minimum Gasteiger partial charge on any atom is -0.396 e. The topological polar surface area (TPSA) is 90.0 Å². The Morgan fingerprint density at radius 1 is 1.38 bits per heavy atom. The predicted molar refractivity (Wildman–Crippen MR) is 94.2 cm³/mol. The number of rotatable bonds is 7. The van der Waals surface area contributed by atoms with Crippen molar-refractivity contribution in [3.8, 4) is 0 Å². The second kappa shape index (κ2) is 9.28. The van der Waals surface area contributed by atoms with E-state index in [1.807, 2.05) is 0 Å². The molecule has 7 nitrogen and oxygen atoms in total. The molecule has 1 aromatic carbocycles. The molecule has 2 N–H and O–H groups in total. The van der Waals surface area contributed by atoms with Crippen molar-refractivity contribution in [2.75, 3.05) is 38.2 Å². The molecule has 0 bridgehead atoms. The highest BCUT2D eigenvalue weighted by Crippen LogP contribution is 2.23. The molecular weight excluding hydrogens is 341 g/mol. The third kappa shape index (κ3) is 4.78. The molecule has 0 atom stereocenters. The average Bonchev–Trinajstić information content (AvgIpc) is 2.68. The van der Waals surface area contributed by atoms with E-state index >= 15 is 0 Å². The van der Waals surface area contributed by atoms with Crippen molar-refractivity contribution in [1.82, 2.24) is 10.2 Å². The number of nitrogens with one attached hydrogen (secondary N) is 1. The lowest BCUT2D eigenvalue weighted by Gasteiger charge is -2.31. The number of piperidine rings is 1. The van der Waals surface area contributed by atoms with Crippen LogP contribution in [0.5, 0.6) is 0 Å². The van der Waals surface area contributed by atoms with Crippen LogP contribution >= 0.6 is 0 Å². The number of benzene rings is 1. The van der Waals surface area contributed by atoms with Gasteiger partial charge in [-0.3, -0.25) is 14.4 Å². The molecular formula is C18H24FN3O4. The van der Waals surface area contributed by atoms with E-state index in [9.17, 15) is 23.9 Å². The van der Waals surface area contributed by atoms with Crippen LogP contribution in [0, 0.1) is 11.7 Å². The van der Waals surface area contributed by atoms with Crippen LogP contribution < -0.4 is 10.2 Å². The van der Waals surface area contributed by atoms with E-state index in [2.05, 4.69) is 5.32 Å².